The molecule has 0 saturated carbocycles. The summed E-state index contributed by atoms with van der Waals surface area (Å²) < 4.78 is 23.6. The molecule has 2 aliphatic rings. The van der Waals surface area contributed by atoms with Crippen LogP contribution in [0.1, 0.15) is 29.5 Å². The Labute approximate surface area is 158 Å². The van der Waals surface area contributed by atoms with Crippen molar-refractivity contribution in [2.75, 3.05) is 5.32 Å². The van der Waals surface area contributed by atoms with E-state index in [1.807, 2.05) is 6.07 Å². The van der Waals surface area contributed by atoms with E-state index in [9.17, 15) is 8.42 Å². The molecule has 0 unspecified atom stereocenters. The minimum atomic E-state index is -3.71. The summed E-state index contributed by atoms with van der Waals surface area (Å²) in [6, 6.07) is 20.2. The zero-order chi connectivity index (χ0) is 18.6. The van der Waals surface area contributed by atoms with E-state index in [1.165, 1.54) is 16.3 Å². The molecule has 1 heterocycles. The first kappa shape index (κ1) is 16.5. The Balaban J connectivity index is 1.66. The van der Waals surface area contributed by atoms with Crippen molar-refractivity contribution >= 4 is 26.5 Å². The molecule has 4 nitrogen and oxygen atoms in total. The van der Waals surface area contributed by atoms with E-state index in [0.717, 1.165) is 17.7 Å². The summed E-state index contributed by atoms with van der Waals surface area (Å²) in [5.74, 6) is 0.533. The number of benzene rings is 3. The molecular weight excluding hydrogens is 356 g/mol. The zero-order valence-corrected chi connectivity index (χ0v) is 15.5. The van der Waals surface area contributed by atoms with Crippen molar-refractivity contribution < 1.29 is 8.42 Å². The molecule has 3 aromatic rings. The molecule has 3 aromatic carbocycles. The summed E-state index contributed by atoms with van der Waals surface area (Å²) in [5, 5.41) is 11.5. The molecule has 27 heavy (non-hydrogen) atoms. The third-order valence-corrected chi connectivity index (χ3v) is 6.73. The van der Waals surface area contributed by atoms with Crippen molar-refractivity contribution in [1.29, 1.82) is 0 Å². The molecule has 0 aromatic heterocycles. The first-order valence-electron chi connectivity index (χ1n) is 9.10. The summed E-state index contributed by atoms with van der Waals surface area (Å²) in [7, 11) is -3.71. The van der Waals surface area contributed by atoms with Gasteiger partial charge in [0.05, 0.1) is 10.9 Å². The number of primary sulfonamides is 1. The van der Waals surface area contributed by atoms with Crippen LogP contribution < -0.4 is 10.5 Å². The van der Waals surface area contributed by atoms with E-state index in [0.29, 0.717) is 5.92 Å². The number of nitrogens with one attached hydrogen (secondary N) is 1. The standard InChI is InChI=1S/C22H20N2O2S/c23-27(25,26)15-11-12-21-20(13-15)17-8-4-10-19(17)22(24-21)18-9-3-6-14-5-1-2-7-16(14)18/h1-9,11-13,17,19,22,24H,10H2,(H2,23,25,26)/t17-,19+,22+/m0/s1. The third-order valence-electron chi connectivity index (χ3n) is 5.82. The predicted octanol–water partition coefficient (Wildman–Crippen LogP) is 4.31. The monoisotopic (exact) mass is 376 g/mol. The minimum Gasteiger partial charge on any atom is -0.378 e. The van der Waals surface area contributed by atoms with Gasteiger partial charge >= 0.3 is 0 Å². The molecule has 5 heteroatoms. The second kappa shape index (κ2) is 5.94. The Bertz CT molecular complexity index is 1180. The lowest BCUT2D eigenvalue weighted by Gasteiger charge is -2.38. The van der Waals surface area contributed by atoms with Crippen LogP contribution in [0.5, 0.6) is 0 Å². The van der Waals surface area contributed by atoms with Gasteiger partial charge in [-0.2, -0.15) is 0 Å². The van der Waals surface area contributed by atoms with Crippen LogP contribution in [0.2, 0.25) is 0 Å². The van der Waals surface area contributed by atoms with Gasteiger partial charge in [0.1, 0.15) is 0 Å². The number of hydrogen-bond acceptors (Lipinski definition) is 3. The van der Waals surface area contributed by atoms with Crippen LogP contribution in [-0.4, -0.2) is 8.42 Å². The van der Waals surface area contributed by atoms with Crippen molar-refractivity contribution in [2.45, 2.75) is 23.3 Å². The molecule has 0 spiro atoms. The lowest BCUT2D eigenvalue weighted by atomic mass is 9.76. The number of nitrogens with two attached hydrogens (primary N) is 1. The quantitative estimate of drug-likeness (QED) is 0.655. The van der Waals surface area contributed by atoms with Crippen molar-refractivity contribution in [3.63, 3.8) is 0 Å². The molecule has 1 aliphatic carbocycles. The molecule has 1 aliphatic heterocycles. The number of anilines is 1. The Morgan fingerprint density at radius 3 is 2.63 bits per heavy atom. The molecular formula is C22H20N2O2S. The average Bonchev–Trinajstić information content (AvgIpc) is 3.16. The SMILES string of the molecule is NS(=O)(=O)c1ccc2c(c1)[C@H]1C=CC[C@H]1[C@@H](c1cccc3ccccc13)N2. The fraction of sp³-hybridized carbons (Fsp3) is 0.182. The van der Waals surface area contributed by atoms with Crippen LogP contribution in [0, 0.1) is 5.92 Å². The highest BCUT2D eigenvalue weighted by molar-refractivity contribution is 7.89. The van der Waals surface area contributed by atoms with Crippen LogP contribution >= 0.6 is 0 Å². The first-order chi connectivity index (χ1) is 13.0. The van der Waals surface area contributed by atoms with E-state index in [-0.39, 0.29) is 16.9 Å². The molecule has 0 bridgehead atoms. The predicted molar refractivity (Wildman–Crippen MR) is 108 cm³/mol. The van der Waals surface area contributed by atoms with Gasteiger partial charge in [0, 0.05) is 11.6 Å². The van der Waals surface area contributed by atoms with Gasteiger partial charge in [0.2, 0.25) is 10.0 Å². The van der Waals surface area contributed by atoms with Crippen LogP contribution in [0.15, 0.2) is 77.7 Å². The van der Waals surface area contributed by atoms with E-state index in [4.69, 9.17) is 5.14 Å². The molecule has 3 atom stereocenters. The fourth-order valence-corrected chi connectivity index (χ4v) is 5.13. The minimum absolute atomic E-state index is 0.170. The highest BCUT2D eigenvalue weighted by atomic mass is 32.2. The molecule has 3 N–H and O–H groups in total. The Morgan fingerprint density at radius 2 is 1.78 bits per heavy atom. The molecule has 0 saturated heterocycles. The van der Waals surface area contributed by atoms with Gasteiger partial charge in [-0.1, -0.05) is 54.6 Å². The average molecular weight is 376 g/mol. The van der Waals surface area contributed by atoms with Crippen LogP contribution in [0.3, 0.4) is 0 Å². The molecule has 0 radical (unpaired) electrons. The normalized spacial score (nSPS) is 23.7. The Hall–Kier alpha value is -2.63. The number of sulfonamides is 1. The second-order valence-corrected chi connectivity index (χ2v) is 8.90. The van der Waals surface area contributed by atoms with E-state index >= 15 is 0 Å². The van der Waals surface area contributed by atoms with Crippen molar-refractivity contribution in [1.82, 2.24) is 0 Å². The first-order valence-corrected chi connectivity index (χ1v) is 10.6. The summed E-state index contributed by atoms with van der Waals surface area (Å²) in [5.41, 5.74) is 3.28. The van der Waals surface area contributed by atoms with Gasteiger partial charge in [-0.15, -0.1) is 0 Å². The van der Waals surface area contributed by atoms with E-state index < -0.39 is 10.0 Å². The number of allylic oxidation sites excluding steroid dienone is 2. The van der Waals surface area contributed by atoms with Crippen molar-refractivity contribution in [3.8, 4) is 0 Å². The summed E-state index contributed by atoms with van der Waals surface area (Å²) in [4.78, 5) is 0.172. The lowest BCUT2D eigenvalue weighted by molar-refractivity contribution is 0.427. The van der Waals surface area contributed by atoms with Gasteiger partial charge in [-0.3, -0.25) is 0 Å². The third kappa shape index (κ3) is 2.66. The maximum atomic E-state index is 11.8. The number of hydrogen-bond donors (Lipinski definition) is 2. The molecule has 0 amide bonds. The number of fused-ring (bicyclic) bond motifs is 4. The second-order valence-electron chi connectivity index (χ2n) is 7.34. The molecule has 136 valence electrons. The topological polar surface area (TPSA) is 72.2 Å². The zero-order valence-electron chi connectivity index (χ0n) is 14.7. The van der Waals surface area contributed by atoms with E-state index in [2.05, 4.69) is 59.9 Å². The van der Waals surface area contributed by atoms with Crippen molar-refractivity contribution in [3.05, 3.63) is 83.9 Å². The highest BCUT2D eigenvalue weighted by Crippen LogP contribution is 2.51. The number of rotatable bonds is 2. The van der Waals surface area contributed by atoms with E-state index in [1.54, 1.807) is 12.1 Å². The van der Waals surface area contributed by atoms with Gasteiger partial charge in [0.25, 0.3) is 0 Å². The van der Waals surface area contributed by atoms with Gasteiger partial charge in [-0.25, -0.2) is 13.6 Å². The highest BCUT2D eigenvalue weighted by Gasteiger charge is 2.38. The fourth-order valence-electron chi connectivity index (χ4n) is 4.58. The van der Waals surface area contributed by atoms with Gasteiger partial charge < -0.3 is 5.32 Å². The lowest BCUT2D eigenvalue weighted by Crippen LogP contribution is -2.29. The smallest absolute Gasteiger partial charge is 0.238 e. The summed E-state index contributed by atoms with van der Waals surface area (Å²) in [6.45, 7) is 0. The van der Waals surface area contributed by atoms with Crippen LogP contribution in [-0.2, 0) is 10.0 Å². The van der Waals surface area contributed by atoms with Gasteiger partial charge in [-0.05, 0) is 52.4 Å². The van der Waals surface area contributed by atoms with Crippen molar-refractivity contribution in [2.24, 2.45) is 11.1 Å². The maximum Gasteiger partial charge on any atom is 0.238 e. The summed E-state index contributed by atoms with van der Waals surface area (Å²) >= 11 is 0. The Kier molecular flexibility index (Phi) is 3.64. The largest absolute Gasteiger partial charge is 0.378 e. The summed E-state index contributed by atoms with van der Waals surface area (Å²) in [6.07, 6.45) is 5.37. The van der Waals surface area contributed by atoms with Crippen LogP contribution in [0.25, 0.3) is 10.8 Å². The molecule has 0 fully saturated rings. The Morgan fingerprint density at radius 1 is 0.963 bits per heavy atom. The van der Waals surface area contributed by atoms with Gasteiger partial charge in [0.15, 0.2) is 0 Å². The molecule has 5 rings (SSSR count). The van der Waals surface area contributed by atoms with Crippen LogP contribution in [0.4, 0.5) is 5.69 Å². The maximum absolute atomic E-state index is 11.8.